The molecule has 21 heavy (non-hydrogen) atoms. The first kappa shape index (κ1) is 17.7. The highest BCUT2D eigenvalue weighted by molar-refractivity contribution is 7.89. The van der Waals surface area contributed by atoms with Gasteiger partial charge in [0.2, 0.25) is 10.0 Å². The fourth-order valence-corrected chi connectivity index (χ4v) is 2.34. The van der Waals surface area contributed by atoms with E-state index in [9.17, 15) is 21.6 Å². The number of alkyl halides is 3. The summed E-state index contributed by atoms with van der Waals surface area (Å²) in [6, 6.07) is 4.25. The molecule has 0 aromatic heterocycles. The highest BCUT2D eigenvalue weighted by Crippen LogP contribution is 2.20. The predicted molar refractivity (Wildman–Crippen MR) is 69.5 cm³/mol. The van der Waals surface area contributed by atoms with Gasteiger partial charge in [0.1, 0.15) is 12.4 Å². The van der Waals surface area contributed by atoms with Gasteiger partial charge in [-0.3, -0.25) is 0 Å². The van der Waals surface area contributed by atoms with Crippen molar-refractivity contribution < 1.29 is 31.1 Å². The summed E-state index contributed by atoms with van der Waals surface area (Å²) in [5, 5.41) is 5.02. The Labute approximate surface area is 120 Å². The number of ether oxygens (including phenoxy) is 2. The molecular weight excluding hydrogens is 311 g/mol. The van der Waals surface area contributed by atoms with E-state index in [4.69, 9.17) is 9.88 Å². The zero-order valence-corrected chi connectivity index (χ0v) is 12.1. The molecule has 0 saturated carbocycles. The first-order valence-electron chi connectivity index (χ1n) is 6.00. The third-order valence-corrected chi connectivity index (χ3v) is 3.49. The molecule has 9 heteroatoms. The Morgan fingerprint density at radius 3 is 2.43 bits per heavy atom. The molecule has 0 unspecified atom stereocenters. The zero-order chi connectivity index (χ0) is 16.1. The van der Waals surface area contributed by atoms with Crippen LogP contribution in [0.2, 0.25) is 0 Å². The molecule has 1 aromatic carbocycles. The van der Waals surface area contributed by atoms with Gasteiger partial charge in [-0.25, -0.2) is 13.6 Å². The topological polar surface area (TPSA) is 78.6 Å². The maximum atomic E-state index is 11.8. The predicted octanol–water partition coefficient (Wildman–Crippen LogP) is 1.99. The molecular formula is C12H16F3NO4S. The molecule has 0 spiro atoms. The molecule has 0 heterocycles. The van der Waals surface area contributed by atoms with Gasteiger partial charge >= 0.3 is 6.18 Å². The standard InChI is InChI=1S/C12H16F3NO4S/c1-9-7-10(3-4-11(9)21(16,17)18)20-6-2-5-19-8-12(13,14)15/h3-4,7H,2,5-6,8H2,1H3,(H2,16,17,18). The van der Waals surface area contributed by atoms with Crippen molar-refractivity contribution in [2.75, 3.05) is 19.8 Å². The van der Waals surface area contributed by atoms with Gasteiger partial charge in [0, 0.05) is 6.42 Å². The molecule has 1 rings (SSSR count). The Kier molecular flexibility index (Phi) is 5.99. The summed E-state index contributed by atoms with van der Waals surface area (Å²) in [6.45, 7) is 0.369. The average Bonchev–Trinajstić information content (AvgIpc) is 2.30. The molecule has 0 amide bonds. The second kappa shape index (κ2) is 7.10. The molecule has 1 aromatic rings. The smallest absolute Gasteiger partial charge is 0.411 e. The fraction of sp³-hybridized carbons (Fsp3) is 0.500. The normalized spacial score (nSPS) is 12.4. The lowest BCUT2D eigenvalue weighted by molar-refractivity contribution is -0.174. The SMILES string of the molecule is Cc1cc(OCCCOCC(F)(F)F)ccc1S(N)(=O)=O. The van der Waals surface area contributed by atoms with Crippen molar-refractivity contribution >= 4 is 10.0 Å². The largest absolute Gasteiger partial charge is 0.493 e. The third kappa shape index (κ3) is 6.78. The zero-order valence-electron chi connectivity index (χ0n) is 11.3. The van der Waals surface area contributed by atoms with Gasteiger partial charge in [-0.05, 0) is 30.7 Å². The van der Waals surface area contributed by atoms with Crippen molar-refractivity contribution in [3.63, 3.8) is 0 Å². The molecule has 5 nitrogen and oxygen atoms in total. The maximum Gasteiger partial charge on any atom is 0.411 e. The van der Waals surface area contributed by atoms with Crippen LogP contribution >= 0.6 is 0 Å². The Bertz CT molecular complexity index is 572. The summed E-state index contributed by atoms with van der Waals surface area (Å²) in [5.41, 5.74) is 0.434. The number of sulfonamides is 1. The van der Waals surface area contributed by atoms with Crippen LogP contribution in [-0.2, 0) is 14.8 Å². The molecule has 0 aliphatic rings. The van der Waals surface area contributed by atoms with E-state index >= 15 is 0 Å². The maximum absolute atomic E-state index is 11.8. The van der Waals surface area contributed by atoms with Crippen molar-refractivity contribution in [1.82, 2.24) is 0 Å². The molecule has 120 valence electrons. The Hall–Kier alpha value is -1.32. The van der Waals surface area contributed by atoms with E-state index in [1.165, 1.54) is 18.2 Å². The van der Waals surface area contributed by atoms with Crippen molar-refractivity contribution in [3.05, 3.63) is 23.8 Å². The number of nitrogens with two attached hydrogens (primary N) is 1. The lowest BCUT2D eigenvalue weighted by Gasteiger charge is -2.10. The Balaban J connectivity index is 2.39. The summed E-state index contributed by atoms with van der Waals surface area (Å²) >= 11 is 0. The highest BCUT2D eigenvalue weighted by Gasteiger charge is 2.27. The van der Waals surface area contributed by atoms with Crippen LogP contribution in [0.25, 0.3) is 0 Å². The molecule has 0 fully saturated rings. The van der Waals surface area contributed by atoms with E-state index in [0.717, 1.165) is 0 Å². The number of halogens is 3. The molecule has 0 bridgehead atoms. The third-order valence-electron chi connectivity index (χ3n) is 2.42. The monoisotopic (exact) mass is 327 g/mol. The number of hydrogen-bond acceptors (Lipinski definition) is 4. The summed E-state index contributed by atoms with van der Waals surface area (Å²) in [6.07, 6.45) is -4.05. The molecule has 0 aliphatic heterocycles. The van der Waals surface area contributed by atoms with E-state index in [0.29, 0.717) is 11.3 Å². The molecule has 0 atom stereocenters. The van der Waals surface area contributed by atoms with E-state index < -0.39 is 22.8 Å². The minimum atomic E-state index is -4.33. The Morgan fingerprint density at radius 2 is 1.90 bits per heavy atom. The summed E-state index contributed by atoms with van der Waals surface area (Å²) < 4.78 is 67.5. The van der Waals surface area contributed by atoms with Crippen LogP contribution in [0.15, 0.2) is 23.1 Å². The fourth-order valence-electron chi connectivity index (χ4n) is 1.57. The summed E-state index contributed by atoms with van der Waals surface area (Å²) in [4.78, 5) is 0.00311. The molecule has 0 aliphatic carbocycles. The minimum Gasteiger partial charge on any atom is -0.493 e. The van der Waals surface area contributed by atoms with E-state index in [2.05, 4.69) is 4.74 Å². The second-order valence-electron chi connectivity index (χ2n) is 4.34. The van der Waals surface area contributed by atoms with Gasteiger partial charge in [0.05, 0.1) is 18.1 Å². The molecule has 0 saturated heterocycles. The number of hydrogen-bond donors (Lipinski definition) is 1. The second-order valence-corrected chi connectivity index (χ2v) is 5.87. The average molecular weight is 327 g/mol. The quantitative estimate of drug-likeness (QED) is 0.777. The summed E-state index contributed by atoms with van der Waals surface area (Å²) in [7, 11) is -3.78. The van der Waals surface area contributed by atoms with Crippen molar-refractivity contribution in [1.29, 1.82) is 0 Å². The van der Waals surface area contributed by atoms with Gasteiger partial charge < -0.3 is 9.47 Å². The van der Waals surface area contributed by atoms with Crippen LogP contribution in [0.3, 0.4) is 0 Å². The molecule has 0 radical (unpaired) electrons. The number of rotatable bonds is 7. The Morgan fingerprint density at radius 1 is 1.24 bits per heavy atom. The van der Waals surface area contributed by atoms with Crippen LogP contribution < -0.4 is 9.88 Å². The lowest BCUT2D eigenvalue weighted by atomic mass is 10.2. The van der Waals surface area contributed by atoms with Crippen LogP contribution in [0.4, 0.5) is 13.2 Å². The van der Waals surface area contributed by atoms with Gasteiger partial charge in [-0.1, -0.05) is 0 Å². The first-order valence-corrected chi connectivity index (χ1v) is 7.55. The van der Waals surface area contributed by atoms with E-state index in [1.807, 2.05) is 0 Å². The lowest BCUT2D eigenvalue weighted by Crippen LogP contribution is -2.18. The first-order chi connectivity index (χ1) is 9.59. The summed E-state index contributed by atoms with van der Waals surface area (Å²) in [5.74, 6) is 0.413. The number of benzene rings is 1. The minimum absolute atomic E-state index is 0.00311. The van der Waals surface area contributed by atoms with Crippen molar-refractivity contribution in [2.45, 2.75) is 24.4 Å². The van der Waals surface area contributed by atoms with E-state index in [1.54, 1.807) is 6.92 Å². The van der Waals surface area contributed by atoms with Gasteiger partial charge in [0.15, 0.2) is 0 Å². The van der Waals surface area contributed by atoms with Gasteiger partial charge in [0.25, 0.3) is 0 Å². The van der Waals surface area contributed by atoms with Crippen LogP contribution in [0.1, 0.15) is 12.0 Å². The van der Waals surface area contributed by atoms with Crippen LogP contribution in [-0.4, -0.2) is 34.4 Å². The van der Waals surface area contributed by atoms with Gasteiger partial charge in [-0.15, -0.1) is 0 Å². The van der Waals surface area contributed by atoms with Crippen LogP contribution in [0, 0.1) is 6.92 Å². The number of aryl methyl sites for hydroxylation is 1. The van der Waals surface area contributed by atoms with Crippen LogP contribution in [0.5, 0.6) is 5.75 Å². The molecule has 2 N–H and O–H groups in total. The number of primary sulfonamides is 1. The van der Waals surface area contributed by atoms with Gasteiger partial charge in [-0.2, -0.15) is 13.2 Å². The van der Waals surface area contributed by atoms with Crippen molar-refractivity contribution in [2.24, 2.45) is 5.14 Å². The van der Waals surface area contributed by atoms with Crippen molar-refractivity contribution in [3.8, 4) is 5.75 Å². The van der Waals surface area contributed by atoms with E-state index in [-0.39, 0.29) is 24.5 Å². The highest BCUT2D eigenvalue weighted by atomic mass is 32.2.